The average Bonchev–Trinajstić information content (AvgIpc) is 2.82. The van der Waals surface area contributed by atoms with Crippen LogP contribution in [0.2, 0.25) is 0 Å². The van der Waals surface area contributed by atoms with Gasteiger partial charge in [-0.1, -0.05) is 0 Å². The second-order valence-electron chi connectivity index (χ2n) is 5.51. The first kappa shape index (κ1) is 16.9. The quantitative estimate of drug-likeness (QED) is 0.819. The van der Waals surface area contributed by atoms with Gasteiger partial charge in [0.2, 0.25) is 0 Å². The number of hydrogen-bond acceptors (Lipinski definition) is 4. The van der Waals surface area contributed by atoms with Gasteiger partial charge in [-0.25, -0.2) is 12.8 Å². The van der Waals surface area contributed by atoms with Crippen molar-refractivity contribution in [1.82, 2.24) is 4.90 Å². The van der Waals surface area contributed by atoms with Crippen molar-refractivity contribution in [1.29, 1.82) is 0 Å². The zero-order valence-corrected chi connectivity index (χ0v) is 13.5. The van der Waals surface area contributed by atoms with E-state index in [1.54, 1.807) is 6.92 Å². The van der Waals surface area contributed by atoms with E-state index in [9.17, 15) is 17.6 Å². The molecule has 1 aliphatic heterocycles. The third-order valence-corrected chi connectivity index (χ3v) is 5.60. The number of halogens is 1. The first-order chi connectivity index (χ1) is 10.3. The van der Waals surface area contributed by atoms with Crippen molar-refractivity contribution in [3.63, 3.8) is 0 Å². The molecular weight excluding hydrogens is 309 g/mol. The molecule has 1 amide bonds. The number of carbonyl (C=O) groups is 1. The molecule has 1 aromatic carbocycles. The lowest BCUT2D eigenvalue weighted by atomic mass is 10.1. The minimum atomic E-state index is -3.09. The molecule has 0 radical (unpaired) electrons. The van der Waals surface area contributed by atoms with Crippen LogP contribution in [-0.4, -0.2) is 57.0 Å². The maximum Gasteiger partial charge on any atom is 0.254 e. The molecule has 1 aromatic rings. The summed E-state index contributed by atoms with van der Waals surface area (Å²) in [5.74, 6) is -0.592. The summed E-state index contributed by atoms with van der Waals surface area (Å²) in [4.78, 5) is 14.2. The minimum Gasteiger partial charge on any atom is -0.383 e. The van der Waals surface area contributed by atoms with E-state index in [2.05, 4.69) is 0 Å². The number of nitrogens with zero attached hydrogens (tertiary/aromatic N) is 1. The van der Waals surface area contributed by atoms with E-state index < -0.39 is 9.84 Å². The topological polar surface area (TPSA) is 63.7 Å². The summed E-state index contributed by atoms with van der Waals surface area (Å²) in [6.07, 6.45) is 0.429. The van der Waals surface area contributed by atoms with Gasteiger partial charge >= 0.3 is 0 Å². The van der Waals surface area contributed by atoms with E-state index in [0.717, 1.165) is 0 Å². The number of ether oxygens (including phenoxy) is 1. The Balaban J connectivity index is 2.24. The zero-order valence-electron chi connectivity index (χ0n) is 12.7. The van der Waals surface area contributed by atoms with Crippen LogP contribution in [0.4, 0.5) is 4.39 Å². The van der Waals surface area contributed by atoms with Gasteiger partial charge in [-0.05, 0) is 37.1 Å². The van der Waals surface area contributed by atoms with Crippen LogP contribution in [0.25, 0.3) is 0 Å². The molecule has 1 atom stereocenters. The molecule has 0 spiro atoms. The average molecular weight is 329 g/mol. The van der Waals surface area contributed by atoms with Crippen LogP contribution in [0.5, 0.6) is 0 Å². The maximum absolute atomic E-state index is 13.3. The first-order valence-electron chi connectivity index (χ1n) is 7.10. The van der Waals surface area contributed by atoms with Crippen LogP contribution in [0, 0.1) is 12.7 Å². The summed E-state index contributed by atoms with van der Waals surface area (Å²) < 4.78 is 41.7. The largest absolute Gasteiger partial charge is 0.383 e. The Bertz CT molecular complexity index is 660. The standard InChI is InChI=1S/C15H20FNO4S/c1-11-9-12(3-4-14(11)16)15(18)17(6-7-21-2)13-5-8-22(19,20)10-13/h3-4,9,13H,5-8,10H2,1-2H3. The molecule has 0 saturated carbocycles. The van der Waals surface area contributed by atoms with Crippen molar-refractivity contribution in [3.8, 4) is 0 Å². The number of aryl methyl sites for hydroxylation is 1. The van der Waals surface area contributed by atoms with Gasteiger partial charge < -0.3 is 9.64 Å². The first-order valence-corrected chi connectivity index (χ1v) is 8.92. The van der Waals surface area contributed by atoms with Crippen LogP contribution < -0.4 is 0 Å². The molecule has 1 aliphatic rings. The van der Waals surface area contributed by atoms with Gasteiger partial charge in [0.25, 0.3) is 5.91 Å². The third kappa shape index (κ3) is 3.84. The lowest BCUT2D eigenvalue weighted by molar-refractivity contribution is 0.0624. The van der Waals surface area contributed by atoms with Crippen LogP contribution >= 0.6 is 0 Å². The van der Waals surface area contributed by atoms with E-state index >= 15 is 0 Å². The van der Waals surface area contributed by atoms with Gasteiger partial charge in [0.15, 0.2) is 9.84 Å². The van der Waals surface area contributed by atoms with Gasteiger partial charge in [-0.15, -0.1) is 0 Å². The van der Waals surface area contributed by atoms with Crippen molar-refractivity contribution in [2.24, 2.45) is 0 Å². The fraction of sp³-hybridized carbons (Fsp3) is 0.533. The summed E-state index contributed by atoms with van der Waals surface area (Å²) >= 11 is 0. The molecule has 0 bridgehead atoms. The Hall–Kier alpha value is -1.47. The molecule has 1 heterocycles. The SMILES string of the molecule is COCCN(C(=O)c1ccc(F)c(C)c1)C1CCS(=O)(=O)C1. The highest BCUT2D eigenvalue weighted by Gasteiger charge is 2.34. The highest BCUT2D eigenvalue weighted by atomic mass is 32.2. The molecule has 0 N–H and O–H groups in total. The van der Waals surface area contributed by atoms with Gasteiger partial charge in [-0.2, -0.15) is 0 Å². The van der Waals surface area contributed by atoms with Crippen molar-refractivity contribution in [2.75, 3.05) is 31.8 Å². The van der Waals surface area contributed by atoms with Crippen LogP contribution in [0.15, 0.2) is 18.2 Å². The Morgan fingerprint density at radius 3 is 2.73 bits per heavy atom. The fourth-order valence-electron chi connectivity index (χ4n) is 2.60. The molecule has 1 unspecified atom stereocenters. The van der Waals surface area contributed by atoms with Crippen LogP contribution in [0.3, 0.4) is 0 Å². The molecular formula is C15H20FNO4S. The number of hydrogen-bond donors (Lipinski definition) is 0. The minimum absolute atomic E-state index is 0.0252. The molecule has 5 nitrogen and oxygen atoms in total. The molecule has 1 saturated heterocycles. The number of rotatable bonds is 5. The Morgan fingerprint density at radius 2 is 2.18 bits per heavy atom. The number of amides is 1. The molecule has 7 heteroatoms. The highest BCUT2D eigenvalue weighted by molar-refractivity contribution is 7.91. The van der Waals surface area contributed by atoms with Crippen LogP contribution in [-0.2, 0) is 14.6 Å². The summed E-state index contributed by atoms with van der Waals surface area (Å²) in [5, 5.41) is 0. The van der Waals surface area contributed by atoms with Crippen molar-refractivity contribution in [2.45, 2.75) is 19.4 Å². The van der Waals surface area contributed by atoms with Gasteiger partial charge in [0, 0.05) is 25.3 Å². The lowest BCUT2D eigenvalue weighted by Crippen LogP contribution is -2.43. The molecule has 0 aromatic heterocycles. The molecule has 1 fully saturated rings. The highest BCUT2D eigenvalue weighted by Crippen LogP contribution is 2.21. The lowest BCUT2D eigenvalue weighted by Gasteiger charge is -2.28. The molecule has 2 rings (SSSR count). The zero-order chi connectivity index (χ0) is 16.3. The number of sulfone groups is 1. The van der Waals surface area contributed by atoms with Crippen molar-refractivity contribution in [3.05, 3.63) is 35.1 Å². The maximum atomic E-state index is 13.3. The van der Waals surface area contributed by atoms with Crippen molar-refractivity contribution >= 4 is 15.7 Å². The van der Waals surface area contributed by atoms with Crippen molar-refractivity contribution < 1.29 is 22.3 Å². The summed E-state index contributed by atoms with van der Waals surface area (Å²) in [5.41, 5.74) is 0.746. The number of benzene rings is 1. The second-order valence-corrected chi connectivity index (χ2v) is 7.74. The van der Waals surface area contributed by atoms with E-state index in [-0.39, 0.29) is 29.3 Å². The normalized spacial score (nSPS) is 20.0. The Kier molecular flexibility index (Phi) is 5.18. The summed E-state index contributed by atoms with van der Waals surface area (Å²) in [6.45, 7) is 2.22. The van der Waals surface area contributed by atoms with E-state index in [0.29, 0.717) is 30.7 Å². The monoisotopic (exact) mass is 329 g/mol. The molecule has 122 valence electrons. The van der Waals surface area contributed by atoms with Crippen LogP contribution in [0.1, 0.15) is 22.3 Å². The fourth-order valence-corrected chi connectivity index (χ4v) is 4.34. The van der Waals surface area contributed by atoms with Gasteiger partial charge in [-0.3, -0.25) is 4.79 Å². The Morgan fingerprint density at radius 1 is 1.45 bits per heavy atom. The summed E-state index contributed by atoms with van der Waals surface area (Å²) in [7, 11) is -1.57. The van der Waals surface area contributed by atoms with E-state index in [4.69, 9.17) is 4.74 Å². The molecule has 0 aliphatic carbocycles. The molecule has 22 heavy (non-hydrogen) atoms. The van der Waals surface area contributed by atoms with Gasteiger partial charge in [0.1, 0.15) is 5.82 Å². The summed E-state index contributed by atoms with van der Waals surface area (Å²) in [6, 6.07) is 3.81. The van der Waals surface area contributed by atoms with E-state index in [1.165, 1.54) is 30.2 Å². The van der Waals surface area contributed by atoms with E-state index in [1.807, 2.05) is 0 Å². The Labute approximate surface area is 130 Å². The second kappa shape index (κ2) is 6.75. The third-order valence-electron chi connectivity index (χ3n) is 3.85. The number of methoxy groups -OCH3 is 1. The smallest absolute Gasteiger partial charge is 0.254 e. The number of carbonyl (C=O) groups excluding carboxylic acids is 1. The predicted molar refractivity (Wildman–Crippen MR) is 81.1 cm³/mol. The predicted octanol–water partition coefficient (Wildman–Crippen LogP) is 1.41. The van der Waals surface area contributed by atoms with Gasteiger partial charge in [0.05, 0.1) is 18.1 Å².